The number of aromatic nitrogens is 1. The number of aliphatic hydroxyl groups is 1. The third-order valence-corrected chi connectivity index (χ3v) is 4.31. The summed E-state index contributed by atoms with van der Waals surface area (Å²) in [4.78, 5) is 7.75. The van der Waals surface area contributed by atoms with Crippen molar-refractivity contribution in [3.63, 3.8) is 0 Å². The molecule has 1 aliphatic rings. The second kappa shape index (κ2) is 4.13. The smallest absolute Gasteiger partial charge is 0.190 e. The average Bonchev–Trinajstić information content (AvgIpc) is 2.92. The predicted octanol–water partition coefficient (Wildman–Crippen LogP) is 2.64. The molecule has 2 heterocycles. The van der Waals surface area contributed by atoms with E-state index in [-0.39, 0.29) is 6.61 Å². The van der Waals surface area contributed by atoms with Gasteiger partial charge in [-0.3, -0.25) is 0 Å². The van der Waals surface area contributed by atoms with Crippen LogP contribution in [0.5, 0.6) is 0 Å². The molecule has 2 aromatic rings. The summed E-state index contributed by atoms with van der Waals surface area (Å²) in [5, 5.41) is 10.2. The standard InChI is InChI=1S/C13H14N2OS/c1-9-12(8-16)17-13(14-9)15-7-6-10-4-2-3-5-11(10)15/h2-5,16H,6-8H2,1H3. The van der Waals surface area contributed by atoms with Crippen molar-refractivity contribution in [3.05, 3.63) is 40.4 Å². The van der Waals surface area contributed by atoms with E-state index in [9.17, 15) is 5.11 Å². The number of aryl methyl sites for hydroxylation is 1. The highest BCUT2D eigenvalue weighted by Gasteiger charge is 2.22. The topological polar surface area (TPSA) is 36.4 Å². The molecule has 0 aliphatic carbocycles. The molecule has 0 atom stereocenters. The van der Waals surface area contributed by atoms with Gasteiger partial charge in [-0.05, 0) is 25.0 Å². The zero-order valence-electron chi connectivity index (χ0n) is 9.68. The normalized spacial score (nSPS) is 14.1. The first-order chi connectivity index (χ1) is 8.29. The van der Waals surface area contributed by atoms with Gasteiger partial charge in [0.2, 0.25) is 0 Å². The molecule has 0 radical (unpaired) electrons. The van der Waals surface area contributed by atoms with Gasteiger partial charge in [0.25, 0.3) is 0 Å². The summed E-state index contributed by atoms with van der Waals surface area (Å²) in [5.74, 6) is 0. The van der Waals surface area contributed by atoms with Crippen molar-refractivity contribution < 1.29 is 5.11 Å². The minimum absolute atomic E-state index is 0.0823. The van der Waals surface area contributed by atoms with E-state index in [0.717, 1.165) is 28.7 Å². The Morgan fingerprint density at radius 2 is 2.24 bits per heavy atom. The molecule has 1 aliphatic heterocycles. The van der Waals surface area contributed by atoms with Crippen LogP contribution >= 0.6 is 11.3 Å². The first-order valence-corrected chi connectivity index (χ1v) is 6.54. The van der Waals surface area contributed by atoms with Crippen LogP contribution in [0, 0.1) is 6.92 Å². The van der Waals surface area contributed by atoms with Crippen LogP contribution in [-0.2, 0) is 13.0 Å². The summed E-state index contributed by atoms with van der Waals surface area (Å²) in [6.07, 6.45) is 1.07. The number of nitrogens with zero attached hydrogens (tertiary/aromatic N) is 2. The number of rotatable bonds is 2. The number of hydrogen-bond donors (Lipinski definition) is 1. The number of para-hydroxylation sites is 1. The Kier molecular flexibility index (Phi) is 2.61. The van der Waals surface area contributed by atoms with E-state index < -0.39 is 0 Å². The molecule has 0 amide bonds. The fraction of sp³-hybridized carbons (Fsp3) is 0.308. The van der Waals surface area contributed by atoms with Crippen LogP contribution in [0.25, 0.3) is 0 Å². The van der Waals surface area contributed by atoms with E-state index in [1.807, 2.05) is 6.92 Å². The average molecular weight is 246 g/mol. The fourth-order valence-corrected chi connectivity index (χ4v) is 3.17. The second-order valence-electron chi connectivity index (χ2n) is 4.19. The number of anilines is 2. The monoisotopic (exact) mass is 246 g/mol. The minimum Gasteiger partial charge on any atom is -0.391 e. The molecule has 3 rings (SSSR count). The van der Waals surface area contributed by atoms with Crippen LogP contribution in [0.1, 0.15) is 16.1 Å². The maximum Gasteiger partial charge on any atom is 0.190 e. The number of fused-ring (bicyclic) bond motifs is 1. The molecule has 1 aromatic heterocycles. The Balaban J connectivity index is 2.01. The largest absolute Gasteiger partial charge is 0.391 e. The summed E-state index contributed by atoms with van der Waals surface area (Å²) in [7, 11) is 0. The molecule has 1 N–H and O–H groups in total. The van der Waals surface area contributed by atoms with Crippen molar-refractivity contribution in [2.24, 2.45) is 0 Å². The molecule has 0 spiro atoms. The van der Waals surface area contributed by atoms with Crippen molar-refractivity contribution in [1.29, 1.82) is 0 Å². The van der Waals surface area contributed by atoms with Crippen LogP contribution < -0.4 is 4.90 Å². The van der Waals surface area contributed by atoms with Gasteiger partial charge in [0.1, 0.15) is 0 Å². The molecule has 0 saturated heterocycles. The minimum atomic E-state index is 0.0823. The van der Waals surface area contributed by atoms with Gasteiger partial charge in [-0.1, -0.05) is 29.5 Å². The maximum atomic E-state index is 9.22. The molecule has 17 heavy (non-hydrogen) atoms. The van der Waals surface area contributed by atoms with Crippen LogP contribution in [-0.4, -0.2) is 16.6 Å². The highest BCUT2D eigenvalue weighted by molar-refractivity contribution is 7.15. The number of aliphatic hydroxyl groups excluding tert-OH is 1. The quantitative estimate of drug-likeness (QED) is 0.885. The van der Waals surface area contributed by atoms with Crippen molar-refractivity contribution in [3.8, 4) is 0 Å². The summed E-state index contributed by atoms with van der Waals surface area (Å²) >= 11 is 1.59. The first kappa shape index (κ1) is 10.7. The summed E-state index contributed by atoms with van der Waals surface area (Å²) < 4.78 is 0. The highest BCUT2D eigenvalue weighted by atomic mass is 32.1. The number of thiazole rings is 1. The molecule has 0 bridgehead atoms. The van der Waals surface area contributed by atoms with Crippen molar-refractivity contribution >= 4 is 22.2 Å². The molecule has 88 valence electrons. The zero-order valence-corrected chi connectivity index (χ0v) is 10.5. The van der Waals surface area contributed by atoms with Crippen molar-refractivity contribution in [2.45, 2.75) is 20.0 Å². The second-order valence-corrected chi connectivity index (χ2v) is 5.26. The van der Waals surface area contributed by atoms with Crippen LogP contribution in [0.15, 0.2) is 24.3 Å². The Hall–Kier alpha value is -1.39. The Labute approximate surface area is 104 Å². The van der Waals surface area contributed by atoms with E-state index in [0.29, 0.717) is 0 Å². The highest BCUT2D eigenvalue weighted by Crippen LogP contribution is 2.37. The molecule has 4 heteroatoms. The Morgan fingerprint density at radius 1 is 1.41 bits per heavy atom. The molecule has 3 nitrogen and oxygen atoms in total. The van der Waals surface area contributed by atoms with Gasteiger partial charge in [-0.25, -0.2) is 4.98 Å². The molecular weight excluding hydrogens is 232 g/mol. The van der Waals surface area contributed by atoms with E-state index in [1.54, 1.807) is 11.3 Å². The van der Waals surface area contributed by atoms with Gasteiger partial charge in [-0.2, -0.15) is 0 Å². The Morgan fingerprint density at radius 3 is 3.00 bits per heavy atom. The van der Waals surface area contributed by atoms with Crippen molar-refractivity contribution in [2.75, 3.05) is 11.4 Å². The van der Waals surface area contributed by atoms with E-state index in [1.165, 1.54) is 11.3 Å². The van der Waals surface area contributed by atoms with E-state index in [2.05, 4.69) is 34.1 Å². The first-order valence-electron chi connectivity index (χ1n) is 5.72. The van der Waals surface area contributed by atoms with E-state index in [4.69, 9.17) is 0 Å². The van der Waals surface area contributed by atoms with Crippen LogP contribution in [0.4, 0.5) is 10.8 Å². The third-order valence-electron chi connectivity index (χ3n) is 3.14. The van der Waals surface area contributed by atoms with Crippen molar-refractivity contribution in [1.82, 2.24) is 4.98 Å². The third kappa shape index (κ3) is 1.73. The van der Waals surface area contributed by atoms with Gasteiger partial charge in [0.05, 0.1) is 17.2 Å². The molecule has 0 unspecified atom stereocenters. The molecule has 1 aromatic carbocycles. The number of hydrogen-bond acceptors (Lipinski definition) is 4. The van der Waals surface area contributed by atoms with Gasteiger partial charge < -0.3 is 10.0 Å². The lowest BCUT2D eigenvalue weighted by molar-refractivity contribution is 0.284. The SMILES string of the molecule is Cc1nc(N2CCc3ccccc32)sc1CO. The lowest BCUT2D eigenvalue weighted by Gasteiger charge is -2.15. The molecular formula is C13H14N2OS. The summed E-state index contributed by atoms with van der Waals surface area (Å²) in [6.45, 7) is 3.02. The Bertz CT molecular complexity index is 550. The van der Waals surface area contributed by atoms with Gasteiger partial charge in [0.15, 0.2) is 5.13 Å². The lowest BCUT2D eigenvalue weighted by Crippen LogP contribution is -2.12. The maximum absolute atomic E-state index is 9.22. The van der Waals surface area contributed by atoms with Gasteiger partial charge in [0, 0.05) is 12.2 Å². The summed E-state index contributed by atoms with van der Waals surface area (Å²) in [5.41, 5.74) is 3.58. The van der Waals surface area contributed by atoms with Crippen LogP contribution in [0.2, 0.25) is 0 Å². The van der Waals surface area contributed by atoms with Gasteiger partial charge in [-0.15, -0.1) is 0 Å². The number of benzene rings is 1. The predicted molar refractivity (Wildman–Crippen MR) is 69.9 cm³/mol. The molecule has 0 saturated carbocycles. The van der Waals surface area contributed by atoms with Crippen LogP contribution in [0.3, 0.4) is 0 Å². The fourth-order valence-electron chi connectivity index (χ4n) is 2.21. The summed E-state index contributed by atoms with van der Waals surface area (Å²) in [6, 6.07) is 8.44. The van der Waals surface area contributed by atoms with Gasteiger partial charge >= 0.3 is 0 Å². The van der Waals surface area contributed by atoms with E-state index >= 15 is 0 Å². The lowest BCUT2D eigenvalue weighted by atomic mass is 10.2. The zero-order chi connectivity index (χ0) is 11.8. The molecule has 0 fully saturated rings.